The van der Waals surface area contributed by atoms with Crippen LogP contribution in [0, 0.1) is 11.8 Å². The maximum Gasteiger partial charge on any atom is 0.255 e. The Kier molecular flexibility index (Phi) is 3.90. The third-order valence-corrected chi connectivity index (χ3v) is 6.02. The smallest absolute Gasteiger partial charge is 0.255 e. The van der Waals surface area contributed by atoms with Crippen molar-refractivity contribution in [2.45, 2.75) is 37.7 Å². The summed E-state index contributed by atoms with van der Waals surface area (Å²) in [5, 5.41) is 13.8. The number of rotatable bonds is 2. The van der Waals surface area contributed by atoms with Gasteiger partial charge in [-0.1, -0.05) is 24.3 Å². The van der Waals surface area contributed by atoms with Crippen LogP contribution in [0.2, 0.25) is 0 Å². The highest BCUT2D eigenvalue weighted by molar-refractivity contribution is 5.85. The number of likely N-dealkylation sites (tertiary alicyclic amines) is 1. The van der Waals surface area contributed by atoms with Crippen LogP contribution >= 0.6 is 0 Å². The van der Waals surface area contributed by atoms with Crippen molar-refractivity contribution in [3.63, 3.8) is 0 Å². The minimum atomic E-state index is -1.17. The Bertz CT molecular complexity index is 570. The molecule has 4 nitrogen and oxygen atoms in total. The fourth-order valence-corrected chi connectivity index (χ4v) is 4.65. The van der Waals surface area contributed by atoms with Crippen LogP contribution in [0.15, 0.2) is 24.3 Å². The molecule has 0 aromatic heterocycles. The van der Waals surface area contributed by atoms with Crippen LogP contribution in [0.4, 0.5) is 0 Å². The van der Waals surface area contributed by atoms with Crippen LogP contribution < -0.4 is 5.32 Å². The molecule has 2 N–H and O–H groups in total. The van der Waals surface area contributed by atoms with Crippen molar-refractivity contribution in [2.24, 2.45) is 11.8 Å². The van der Waals surface area contributed by atoms with Gasteiger partial charge in [-0.2, -0.15) is 0 Å². The van der Waals surface area contributed by atoms with Gasteiger partial charge in [0.15, 0.2) is 5.60 Å². The van der Waals surface area contributed by atoms with Crippen molar-refractivity contribution in [1.82, 2.24) is 10.2 Å². The van der Waals surface area contributed by atoms with Crippen molar-refractivity contribution in [2.75, 3.05) is 26.2 Å². The molecule has 2 unspecified atom stereocenters. The summed E-state index contributed by atoms with van der Waals surface area (Å²) in [5.41, 5.74) is 1.79. The Morgan fingerprint density at radius 2 is 1.96 bits per heavy atom. The second kappa shape index (κ2) is 5.91. The molecule has 4 rings (SSSR count). The van der Waals surface area contributed by atoms with E-state index in [-0.39, 0.29) is 5.91 Å². The molecule has 1 amide bonds. The molecule has 0 bridgehead atoms. The lowest BCUT2D eigenvalue weighted by Crippen LogP contribution is -2.56. The van der Waals surface area contributed by atoms with E-state index in [0.29, 0.717) is 24.8 Å². The number of carbonyl (C=O) groups is 1. The molecule has 0 spiro atoms. The normalized spacial score (nSPS) is 31.3. The average molecular weight is 314 g/mol. The highest BCUT2D eigenvalue weighted by Crippen LogP contribution is 2.36. The highest BCUT2D eigenvalue weighted by atomic mass is 16.3. The molecular formula is C19H26N2O2. The molecular weight excluding hydrogens is 288 g/mol. The van der Waals surface area contributed by atoms with Gasteiger partial charge in [0, 0.05) is 19.6 Å². The van der Waals surface area contributed by atoms with E-state index < -0.39 is 5.60 Å². The second-order valence-electron chi connectivity index (χ2n) is 7.55. The largest absolute Gasteiger partial charge is 0.379 e. The molecule has 2 heterocycles. The first-order valence-electron chi connectivity index (χ1n) is 8.95. The molecule has 2 atom stereocenters. The molecule has 2 aliphatic heterocycles. The van der Waals surface area contributed by atoms with E-state index >= 15 is 0 Å². The van der Waals surface area contributed by atoms with Gasteiger partial charge in [0.2, 0.25) is 0 Å². The molecule has 1 aromatic rings. The molecule has 1 aliphatic carbocycles. The molecule has 1 aromatic carbocycles. The summed E-state index contributed by atoms with van der Waals surface area (Å²) in [7, 11) is 0. The predicted octanol–water partition coefficient (Wildman–Crippen LogP) is 1.36. The Balaban J connectivity index is 1.39. The van der Waals surface area contributed by atoms with Gasteiger partial charge < -0.3 is 15.3 Å². The second-order valence-corrected chi connectivity index (χ2v) is 7.55. The van der Waals surface area contributed by atoms with Crippen LogP contribution in [-0.2, 0) is 17.6 Å². The van der Waals surface area contributed by atoms with Gasteiger partial charge >= 0.3 is 0 Å². The molecule has 23 heavy (non-hydrogen) atoms. The lowest BCUT2D eigenvalue weighted by atomic mass is 9.89. The molecule has 2 fully saturated rings. The molecule has 0 radical (unpaired) electrons. The van der Waals surface area contributed by atoms with Crippen LogP contribution in [0.5, 0.6) is 0 Å². The Hall–Kier alpha value is -1.39. The quantitative estimate of drug-likeness (QED) is 0.867. The first-order chi connectivity index (χ1) is 11.2. The monoisotopic (exact) mass is 314 g/mol. The lowest BCUT2D eigenvalue weighted by molar-refractivity contribution is -0.152. The SMILES string of the molecule is O=C(N1CCC(C2Cc3ccccc3C2)C1)C1(O)CCCNC1. The van der Waals surface area contributed by atoms with Gasteiger partial charge in [-0.25, -0.2) is 0 Å². The Morgan fingerprint density at radius 1 is 1.22 bits per heavy atom. The van der Waals surface area contributed by atoms with Gasteiger partial charge in [-0.3, -0.25) is 4.79 Å². The summed E-state index contributed by atoms with van der Waals surface area (Å²) in [4.78, 5) is 14.7. The molecule has 3 aliphatic rings. The van der Waals surface area contributed by atoms with E-state index in [9.17, 15) is 9.90 Å². The number of β-amino-alcohol motifs (C(OH)–C–C–N with tert-alkyl or cyclic N) is 1. The Morgan fingerprint density at radius 3 is 2.61 bits per heavy atom. The van der Waals surface area contributed by atoms with Gasteiger partial charge in [-0.05, 0) is 61.6 Å². The van der Waals surface area contributed by atoms with Crippen molar-refractivity contribution in [1.29, 1.82) is 0 Å². The Labute approximate surface area is 137 Å². The zero-order valence-electron chi connectivity index (χ0n) is 13.6. The number of amides is 1. The van der Waals surface area contributed by atoms with Crippen LogP contribution in [0.25, 0.3) is 0 Å². The number of fused-ring (bicyclic) bond motifs is 1. The van der Waals surface area contributed by atoms with Crippen LogP contribution in [-0.4, -0.2) is 47.7 Å². The number of carbonyl (C=O) groups excluding carboxylic acids is 1. The van der Waals surface area contributed by atoms with E-state index in [4.69, 9.17) is 0 Å². The third-order valence-electron chi connectivity index (χ3n) is 6.02. The van der Waals surface area contributed by atoms with Gasteiger partial charge in [0.05, 0.1) is 0 Å². The lowest BCUT2D eigenvalue weighted by Gasteiger charge is -2.34. The summed E-state index contributed by atoms with van der Waals surface area (Å²) in [6, 6.07) is 8.72. The molecule has 124 valence electrons. The number of nitrogens with zero attached hydrogens (tertiary/aromatic N) is 1. The van der Waals surface area contributed by atoms with Crippen LogP contribution in [0.1, 0.15) is 30.4 Å². The summed E-state index contributed by atoms with van der Waals surface area (Å²) < 4.78 is 0. The summed E-state index contributed by atoms with van der Waals surface area (Å²) in [6.45, 7) is 2.93. The van der Waals surface area contributed by atoms with E-state index in [1.54, 1.807) is 0 Å². The zero-order chi connectivity index (χ0) is 15.9. The highest BCUT2D eigenvalue weighted by Gasteiger charge is 2.43. The van der Waals surface area contributed by atoms with Crippen molar-refractivity contribution < 1.29 is 9.90 Å². The molecule has 2 saturated heterocycles. The number of benzene rings is 1. The number of hydrogen-bond donors (Lipinski definition) is 2. The maximum absolute atomic E-state index is 12.7. The van der Waals surface area contributed by atoms with E-state index in [1.165, 1.54) is 11.1 Å². The average Bonchev–Trinajstić information content (AvgIpc) is 3.21. The standard InChI is InChI=1S/C19H26N2O2/c22-18(19(23)7-3-8-20-13-19)21-9-6-16(12-21)17-10-14-4-1-2-5-15(14)11-17/h1-2,4-5,16-17,20,23H,3,6-13H2. The number of aliphatic hydroxyl groups is 1. The van der Waals surface area contributed by atoms with E-state index in [0.717, 1.165) is 45.3 Å². The van der Waals surface area contributed by atoms with Gasteiger partial charge in [0.1, 0.15) is 0 Å². The minimum absolute atomic E-state index is 0.0530. The first kappa shape index (κ1) is 15.2. The third kappa shape index (κ3) is 2.79. The van der Waals surface area contributed by atoms with Gasteiger partial charge in [-0.15, -0.1) is 0 Å². The topological polar surface area (TPSA) is 52.6 Å². The van der Waals surface area contributed by atoms with E-state index in [1.807, 2.05) is 4.90 Å². The number of hydrogen-bond acceptors (Lipinski definition) is 3. The predicted molar refractivity (Wildman–Crippen MR) is 89.1 cm³/mol. The summed E-state index contributed by atoms with van der Waals surface area (Å²) >= 11 is 0. The minimum Gasteiger partial charge on any atom is -0.379 e. The number of nitrogens with one attached hydrogen (secondary N) is 1. The number of piperidine rings is 1. The summed E-state index contributed by atoms with van der Waals surface area (Å²) in [6.07, 6.45) is 4.84. The maximum atomic E-state index is 12.7. The molecule has 0 saturated carbocycles. The fourth-order valence-electron chi connectivity index (χ4n) is 4.65. The van der Waals surface area contributed by atoms with E-state index in [2.05, 4.69) is 29.6 Å². The van der Waals surface area contributed by atoms with Crippen molar-refractivity contribution in [3.8, 4) is 0 Å². The van der Waals surface area contributed by atoms with Crippen molar-refractivity contribution in [3.05, 3.63) is 35.4 Å². The zero-order valence-corrected chi connectivity index (χ0v) is 13.6. The fraction of sp³-hybridized carbons (Fsp3) is 0.632. The summed E-state index contributed by atoms with van der Waals surface area (Å²) in [5.74, 6) is 1.18. The van der Waals surface area contributed by atoms with Gasteiger partial charge in [0.25, 0.3) is 5.91 Å². The van der Waals surface area contributed by atoms with Crippen LogP contribution in [0.3, 0.4) is 0 Å². The first-order valence-corrected chi connectivity index (χ1v) is 8.95. The van der Waals surface area contributed by atoms with Crippen molar-refractivity contribution >= 4 is 5.91 Å². The molecule has 4 heteroatoms.